The first-order valence-electron chi connectivity index (χ1n) is 11.7. The number of para-hydroxylation sites is 1. The van der Waals surface area contributed by atoms with Gasteiger partial charge in [-0.05, 0) is 67.9 Å². The average Bonchev–Trinajstić information content (AvgIpc) is 2.89. The van der Waals surface area contributed by atoms with Crippen molar-refractivity contribution in [3.05, 3.63) is 119 Å². The zero-order valence-corrected chi connectivity index (χ0v) is 22.1. The Morgan fingerprint density at radius 3 is 2.32 bits per heavy atom. The highest BCUT2D eigenvalue weighted by molar-refractivity contribution is 7.92. The van der Waals surface area contributed by atoms with E-state index in [9.17, 15) is 13.2 Å². The SMILES string of the molecule is CCOc1cccc(NC(=O)c2ccccc2N(Cc2ccc(Cl)cc2)S(=O)(=O)c2ccc(C)cc2)c1. The fourth-order valence-corrected chi connectivity index (χ4v) is 5.40. The Morgan fingerprint density at radius 1 is 0.919 bits per heavy atom. The zero-order valence-electron chi connectivity index (χ0n) is 20.5. The van der Waals surface area contributed by atoms with Crippen molar-refractivity contribution in [3.8, 4) is 5.75 Å². The molecule has 0 saturated heterocycles. The molecule has 1 amide bonds. The van der Waals surface area contributed by atoms with Gasteiger partial charge in [0.1, 0.15) is 5.75 Å². The molecule has 0 saturated carbocycles. The summed E-state index contributed by atoms with van der Waals surface area (Å²) < 4.78 is 34.6. The number of hydrogen-bond donors (Lipinski definition) is 1. The summed E-state index contributed by atoms with van der Waals surface area (Å²) in [5.74, 6) is 0.185. The van der Waals surface area contributed by atoms with Gasteiger partial charge in [-0.2, -0.15) is 0 Å². The van der Waals surface area contributed by atoms with Gasteiger partial charge in [-0.15, -0.1) is 0 Å². The third-order valence-corrected chi connectivity index (χ3v) is 7.69. The van der Waals surface area contributed by atoms with Gasteiger partial charge in [-0.1, -0.05) is 59.6 Å². The van der Waals surface area contributed by atoms with E-state index in [4.69, 9.17) is 16.3 Å². The number of rotatable bonds is 9. The summed E-state index contributed by atoms with van der Waals surface area (Å²) in [6, 6.07) is 27.3. The predicted octanol–water partition coefficient (Wildman–Crippen LogP) is 6.69. The van der Waals surface area contributed by atoms with Crippen LogP contribution in [0, 0.1) is 6.92 Å². The minimum atomic E-state index is -4.02. The number of aryl methyl sites for hydroxylation is 1. The summed E-state index contributed by atoms with van der Waals surface area (Å²) in [4.78, 5) is 13.6. The van der Waals surface area contributed by atoms with Gasteiger partial charge in [0.2, 0.25) is 0 Å². The Labute approximate surface area is 222 Å². The van der Waals surface area contributed by atoms with Gasteiger partial charge in [-0.25, -0.2) is 8.42 Å². The molecule has 0 radical (unpaired) electrons. The van der Waals surface area contributed by atoms with Crippen LogP contribution < -0.4 is 14.4 Å². The summed E-state index contributed by atoms with van der Waals surface area (Å²) in [6.45, 7) is 4.28. The van der Waals surface area contributed by atoms with E-state index in [0.717, 1.165) is 11.1 Å². The van der Waals surface area contributed by atoms with E-state index < -0.39 is 15.9 Å². The molecule has 190 valence electrons. The van der Waals surface area contributed by atoms with Crippen LogP contribution in [-0.2, 0) is 16.6 Å². The minimum Gasteiger partial charge on any atom is -0.494 e. The molecule has 0 bridgehead atoms. The molecule has 0 aromatic heterocycles. The number of carbonyl (C=O) groups excluding carboxylic acids is 1. The van der Waals surface area contributed by atoms with Crippen molar-refractivity contribution >= 4 is 38.9 Å². The van der Waals surface area contributed by atoms with Gasteiger partial charge in [0.15, 0.2) is 0 Å². The third kappa shape index (κ3) is 6.31. The van der Waals surface area contributed by atoms with Gasteiger partial charge < -0.3 is 10.1 Å². The lowest BCUT2D eigenvalue weighted by atomic mass is 10.1. The molecular weight excluding hydrogens is 508 g/mol. The smallest absolute Gasteiger partial charge is 0.264 e. The number of ether oxygens (including phenoxy) is 1. The third-order valence-electron chi connectivity index (χ3n) is 5.67. The van der Waals surface area contributed by atoms with Crippen molar-refractivity contribution in [1.82, 2.24) is 0 Å². The standard InChI is InChI=1S/C29H27ClN2O4S/c1-3-36-25-8-6-7-24(19-25)31-29(33)27-9-4-5-10-28(27)32(20-22-13-15-23(30)16-14-22)37(34,35)26-17-11-21(2)12-18-26/h4-19H,3,20H2,1-2H3,(H,31,33). The van der Waals surface area contributed by atoms with Crippen LogP contribution in [0.15, 0.2) is 102 Å². The molecule has 0 aliphatic rings. The lowest BCUT2D eigenvalue weighted by Crippen LogP contribution is -2.32. The van der Waals surface area contributed by atoms with Crippen molar-refractivity contribution in [2.24, 2.45) is 0 Å². The van der Waals surface area contributed by atoms with Crippen molar-refractivity contribution in [3.63, 3.8) is 0 Å². The molecule has 37 heavy (non-hydrogen) atoms. The molecule has 6 nitrogen and oxygen atoms in total. The molecule has 0 spiro atoms. The molecule has 8 heteroatoms. The zero-order chi connectivity index (χ0) is 26.4. The molecular formula is C29H27ClN2O4S. The Hall–Kier alpha value is -3.81. The maximum Gasteiger partial charge on any atom is 0.264 e. The van der Waals surface area contributed by atoms with Gasteiger partial charge in [0.05, 0.1) is 29.3 Å². The van der Waals surface area contributed by atoms with Gasteiger partial charge in [0, 0.05) is 16.8 Å². The molecule has 4 rings (SSSR count). The second kappa shape index (κ2) is 11.5. The highest BCUT2D eigenvalue weighted by Crippen LogP contribution is 2.30. The maximum absolute atomic E-state index is 13.9. The van der Waals surface area contributed by atoms with Gasteiger partial charge in [0.25, 0.3) is 15.9 Å². The summed E-state index contributed by atoms with van der Waals surface area (Å²) in [5.41, 5.74) is 2.68. The summed E-state index contributed by atoms with van der Waals surface area (Å²) in [5, 5.41) is 3.41. The van der Waals surface area contributed by atoms with Crippen LogP contribution in [0.4, 0.5) is 11.4 Å². The van der Waals surface area contributed by atoms with Crippen molar-refractivity contribution in [2.45, 2.75) is 25.3 Å². The molecule has 0 fully saturated rings. The largest absolute Gasteiger partial charge is 0.494 e. The number of benzene rings is 4. The molecule has 0 aliphatic carbocycles. The minimum absolute atomic E-state index is 0.0114. The Bertz CT molecular complexity index is 1490. The monoisotopic (exact) mass is 534 g/mol. The fraction of sp³-hybridized carbons (Fsp3) is 0.138. The summed E-state index contributed by atoms with van der Waals surface area (Å²) >= 11 is 6.05. The van der Waals surface area contributed by atoms with E-state index in [-0.39, 0.29) is 22.7 Å². The van der Waals surface area contributed by atoms with Crippen LogP contribution in [0.3, 0.4) is 0 Å². The number of halogens is 1. The number of anilines is 2. The normalized spacial score (nSPS) is 11.1. The first-order chi connectivity index (χ1) is 17.8. The second-order valence-corrected chi connectivity index (χ2v) is 10.7. The number of amides is 1. The molecule has 1 N–H and O–H groups in total. The lowest BCUT2D eigenvalue weighted by molar-refractivity contribution is 0.102. The van der Waals surface area contributed by atoms with Crippen molar-refractivity contribution in [2.75, 3.05) is 16.2 Å². The Balaban J connectivity index is 1.76. The molecule has 0 aliphatic heterocycles. The van der Waals surface area contributed by atoms with Crippen LogP contribution in [0.25, 0.3) is 0 Å². The highest BCUT2D eigenvalue weighted by atomic mass is 35.5. The van der Waals surface area contributed by atoms with Crippen LogP contribution in [0.5, 0.6) is 5.75 Å². The Morgan fingerprint density at radius 2 is 1.62 bits per heavy atom. The quantitative estimate of drug-likeness (QED) is 0.259. The van der Waals surface area contributed by atoms with Gasteiger partial charge in [-0.3, -0.25) is 9.10 Å². The molecule has 4 aromatic carbocycles. The molecule has 0 atom stereocenters. The second-order valence-electron chi connectivity index (χ2n) is 8.38. The van der Waals surface area contributed by atoms with Crippen LogP contribution in [-0.4, -0.2) is 20.9 Å². The van der Waals surface area contributed by atoms with Crippen LogP contribution in [0.2, 0.25) is 5.02 Å². The molecule has 4 aromatic rings. The number of nitrogens with zero attached hydrogens (tertiary/aromatic N) is 1. The average molecular weight is 535 g/mol. The summed E-state index contributed by atoms with van der Waals surface area (Å²) in [6.07, 6.45) is 0. The Kier molecular flexibility index (Phi) is 8.16. The van der Waals surface area contributed by atoms with E-state index in [1.807, 2.05) is 13.8 Å². The van der Waals surface area contributed by atoms with E-state index in [1.54, 1.807) is 97.1 Å². The number of carbonyl (C=O) groups is 1. The van der Waals surface area contributed by atoms with E-state index in [0.29, 0.717) is 23.1 Å². The number of sulfonamides is 1. The van der Waals surface area contributed by atoms with E-state index in [1.165, 1.54) is 4.31 Å². The summed E-state index contributed by atoms with van der Waals surface area (Å²) in [7, 11) is -4.02. The van der Waals surface area contributed by atoms with Crippen molar-refractivity contribution in [1.29, 1.82) is 0 Å². The molecule has 0 heterocycles. The molecule has 0 unspecified atom stereocenters. The van der Waals surface area contributed by atoms with Crippen molar-refractivity contribution < 1.29 is 17.9 Å². The first-order valence-corrected chi connectivity index (χ1v) is 13.6. The lowest BCUT2D eigenvalue weighted by Gasteiger charge is -2.27. The van der Waals surface area contributed by atoms with E-state index >= 15 is 0 Å². The van der Waals surface area contributed by atoms with Gasteiger partial charge >= 0.3 is 0 Å². The number of nitrogens with one attached hydrogen (secondary N) is 1. The van der Waals surface area contributed by atoms with Crippen LogP contribution in [0.1, 0.15) is 28.4 Å². The van der Waals surface area contributed by atoms with Crippen LogP contribution >= 0.6 is 11.6 Å². The topological polar surface area (TPSA) is 75.7 Å². The van der Waals surface area contributed by atoms with E-state index in [2.05, 4.69) is 5.32 Å². The fourth-order valence-electron chi connectivity index (χ4n) is 3.80. The predicted molar refractivity (Wildman–Crippen MR) is 148 cm³/mol. The maximum atomic E-state index is 13.9. The first kappa shape index (κ1) is 26.3. The highest BCUT2D eigenvalue weighted by Gasteiger charge is 2.28. The number of hydrogen-bond acceptors (Lipinski definition) is 4.